The topological polar surface area (TPSA) is 26.0 Å². The fourth-order valence-corrected chi connectivity index (χ4v) is 2.10. The van der Waals surface area contributed by atoms with Gasteiger partial charge < -0.3 is 5.73 Å². The van der Waals surface area contributed by atoms with Crippen LogP contribution in [0.15, 0.2) is 24.3 Å². The number of rotatable bonds is 4. The molecule has 96 valence electrons. The van der Waals surface area contributed by atoms with Gasteiger partial charge in [-0.25, -0.2) is 0 Å². The average molecular weight is 233 g/mol. The number of nitrogens with two attached hydrogens (primary N) is 1. The molecule has 1 aromatic rings. The molecular formula is C16H27N. The van der Waals surface area contributed by atoms with Gasteiger partial charge in [-0.05, 0) is 41.3 Å². The molecule has 0 saturated heterocycles. The first-order valence-electron chi connectivity index (χ1n) is 6.58. The molecule has 0 aromatic heterocycles. The summed E-state index contributed by atoms with van der Waals surface area (Å²) in [5.74, 6) is 0. The largest absolute Gasteiger partial charge is 0.330 e. The monoisotopic (exact) mass is 233 g/mol. The maximum absolute atomic E-state index is 5.61. The van der Waals surface area contributed by atoms with E-state index in [9.17, 15) is 0 Å². The number of hydrogen-bond acceptors (Lipinski definition) is 1. The van der Waals surface area contributed by atoms with E-state index >= 15 is 0 Å². The van der Waals surface area contributed by atoms with Gasteiger partial charge >= 0.3 is 0 Å². The van der Waals surface area contributed by atoms with Crippen molar-refractivity contribution >= 4 is 0 Å². The van der Waals surface area contributed by atoms with E-state index in [0.29, 0.717) is 0 Å². The Morgan fingerprint density at radius 1 is 1.00 bits per heavy atom. The quantitative estimate of drug-likeness (QED) is 0.835. The SMILES string of the molecule is CC(C)(C)c1cccc(C(C)(C)CCCN)c1. The second-order valence-corrected chi connectivity index (χ2v) is 6.61. The zero-order chi connectivity index (χ0) is 13.1. The summed E-state index contributed by atoms with van der Waals surface area (Å²) < 4.78 is 0. The van der Waals surface area contributed by atoms with Gasteiger partial charge in [0, 0.05) is 0 Å². The second kappa shape index (κ2) is 5.22. The van der Waals surface area contributed by atoms with Gasteiger partial charge in [0.2, 0.25) is 0 Å². The molecule has 1 aromatic carbocycles. The molecule has 0 aliphatic carbocycles. The van der Waals surface area contributed by atoms with Gasteiger partial charge in [0.1, 0.15) is 0 Å². The maximum Gasteiger partial charge on any atom is -0.00770 e. The molecule has 1 nitrogen and oxygen atoms in total. The summed E-state index contributed by atoms with van der Waals surface area (Å²) in [7, 11) is 0. The molecule has 0 amide bonds. The summed E-state index contributed by atoms with van der Waals surface area (Å²) in [6.45, 7) is 12.2. The van der Waals surface area contributed by atoms with Crippen molar-refractivity contribution in [1.82, 2.24) is 0 Å². The number of hydrogen-bond donors (Lipinski definition) is 1. The first-order valence-corrected chi connectivity index (χ1v) is 6.58. The standard InChI is InChI=1S/C16H27N/c1-15(2,3)13-8-6-9-14(12-13)16(4,5)10-7-11-17/h6,8-9,12H,7,10-11,17H2,1-5H3. The molecule has 0 saturated carbocycles. The Hall–Kier alpha value is -0.820. The predicted molar refractivity (Wildman–Crippen MR) is 76.5 cm³/mol. The van der Waals surface area contributed by atoms with Crippen LogP contribution in [-0.2, 0) is 10.8 Å². The van der Waals surface area contributed by atoms with Gasteiger partial charge in [0.25, 0.3) is 0 Å². The normalized spacial score (nSPS) is 12.8. The lowest BCUT2D eigenvalue weighted by Crippen LogP contribution is -2.20. The van der Waals surface area contributed by atoms with E-state index in [1.807, 2.05) is 0 Å². The van der Waals surface area contributed by atoms with Crippen LogP contribution < -0.4 is 5.73 Å². The smallest absolute Gasteiger partial charge is 0.00770 e. The van der Waals surface area contributed by atoms with Crippen LogP contribution in [0.5, 0.6) is 0 Å². The van der Waals surface area contributed by atoms with Crippen molar-refractivity contribution in [2.24, 2.45) is 5.73 Å². The molecule has 0 radical (unpaired) electrons. The molecular weight excluding hydrogens is 206 g/mol. The van der Waals surface area contributed by atoms with Gasteiger partial charge in [0.05, 0.1) is 0 Å². The molecule has 0 bridgehead atoms. The van der Waals surface area contributed by atoms with E-state index in [1.54, 1.807) is 0 Å². The van der Waals surface area contributed by atoms with Crippen LogP contribution in [0.25, 0.3) is 0 Å². The van der Waals surface area contributed by atoms with Gasteiger partial charge in [0.15, 0.2) is 0 Å². The van der Waals surface area contributed by atoms with Crippen molar-refractivity contribution < 1.29 is 0 Å². The van der Waals surface area contributed by atoms with Crippen LogP contribution in [0.2, 0.25) is 0 Å². The van der Waals surface area contributed by atoms with Crippen molar-refractivity contribution in [2.75, 3.05) is 6.54 Å². The zero-order valence-electron chi connectivity index (χ0n) is 12.0. The fraction of sp³-hybridized carbons (Fsp3) is 0.625. The molecule has 0 heterocycles. The van der Waals surface area contributed by atoms with Gasteiger partial charge in [-0.2, -0.15) is 0 Å². The third-order valence-corrected chi connectivity index (χ3v) is 3.52. The van der Waals surface area contributed by atoms with Crippen LogP contribution in [0, 0.1) is 0 Å². The summed E-state index contributed by atoms with van der Waals surface area (Å²) in [5, 5.41) is 0. The minimum absolute atomic E-state index is 0.222. The Balaban J connectivity index is 2.98. The molecule has 0 unspecified atom stereocenters. The molecule has 1 rings (SSSR count). The van der Waals surface area contributed by atoms with Crippen molar-refractivity contribution in [3.05, 3.63) is 35.4 Å². The minimum Gasteiger partial charge on any atom is -0.330 e. The van der Waals surface area contributed by atoms with Crippen molar-refractivity contribution in [1.29, 1.82) is 0 Å². The second-order valence-electron chi connectivity index (χ2n) is 6.61. The summed E-state index contributed by atoms with van der Waals surface area (Å²) in [4.78, 5) is 0. The Kier molecular flexibility index (Phi) is 4.37. The molecule has 0 fully saturated rings. The molecule has 0 spiro atoms. The van der Waals surface area contributed by atoms with E-state index in [1.165, 1.54) is 11.1 Å². The highest BCUT2D eigenvalue weighted by atomic mass is 14.5. The highest BCUT2D eigenvalue weighted by molar-refractivity contribution is 5.32. The molecule has 17 heavy (non-hydrogen) atoms. The Labute approximate surface area is 106 Å². The average Bonchev–Trinajstić information content (AvgIpc) is 2.25. The lowest BCUT2D eigenvalue weighted by Gasteiger charge is -2.28. The predicted octanol–water partition coefficient (Wildman–Crippen LogP) is 4.00. The first kappa shape index (κ1) is 14.2. The number of benzene rings is 1. The van der Waals surface area contributed by atoms with Gasteiger partial charge in [-0.15, -0.1) is 0 Å². The van der Waals surface area contributed by atoms with E-state index in [-0.39, 0.29) is 10.8 Å². The van der Waals surface area contributed by atoms with Crippen LogP contribution >= 0.6 is 0 Å². The van der Waals surface area contributed by atoms with Gasteiger partial charge in [-0.3, -0.25) is 0 Å². The summed E-state index contributed by atoms with van der Waals surface area (Å²) >= 11 is 0. The van der Waals surface area contributed by atoms with Crippen molar-refractivity contribution in [3.63, 3.8) is 0 Å². The summed E-state index contributed by atoms with van der Waals surface area (Å²) in [6.07, 6.45) is 2.24. The van der Waals surface area contributed by atoms with Crippen LogP contribution in [0.3, 0.4) is 0 Å². The first-order chi connectivity index (χ1) is 7.77. The third-order valence-electron chi connectivity index (χ3n) is 3.52. The molecule has 0 aliphatic rings. The maximum atomic E-state index is 5.61. The van der Waals surface area contributed by atoms with E-state index in [4.69, 9.17) is 5.73 Å². The Morgan fingerprint density at radius 3 is 2.12 bits per heavy atom. The fourth-order valence-electron chi connectivity index (χ4n) is 2.10. The van der Waals surface area contributed by atoms with Crippen LogP contribution in [0.1, 0.15) is 58.6 Å². The highest BCUT2D eigenvalue weighted by Gasteiger charge is 2.22. The van der Waals surface area contributed by atoms with E-state index in [2.05, 4.69) is 58.9 Å². The van der Waals surface area contributed by atoms with Crippen LogP contribution in [0.4, 0.5) is 0 Å². The highest BCUT2D eigenvalue weighted by Crippen LogP contribution is 2.31. The van der Waals surface area contributed by atoms with E-state index < -0.39 is 0 Å². The summed E-state index contributed by atoms with van der Waals surface area (Å²) in [5.41, 5.74) is 8.90. The van der Waals surface area contributed by atoms with Gasteiger partial charge in [-0.1, -0.05) is 58.9 Å². The van der Waals surface area contributed by atoms with E-state index in [0.717, 1.165) is 19.4 Å². The minimum atomic E-state index is 0.222. The molecule has 0 aliphatic heterocycles. The zero-order valence-corrected chi connectivity index (χ0v) is 12.0. The molecule has 1 heteroatoms. The third kappa shape index (κ3) is 3.85. The Morgan fingerprint density at radius 2 is 1.59 bits per heavy atom. The Bertz CT molecular complexity index is 358. The lowest BCUT2D eigenvalue weighted by molar-refractivity contribution is 0.463. The van der Waals surface area contributed by atoms with Crippen LogP contribution in [-0.4, -0.2) is 6.54 Å². The summed E-state index contributed by atoms with van der Waals surface area (Å²) in [6, 6.07) is 9.00. The van der Waals surface area contributed by atoms with Crippen molar-refractivity contribution in [3.8, 4) is 0 Å². The lowest BCUT2D eigenvalue weighted by atomic mass is 9.77. The van der Waals surface area contributed by atoms with Crippen molar-refractivity contribution in [2.45, 2.75) is 58.3 Å². The molecule has 0 atom stereocenters. The molecule has 2 N–H and O–H groups in total.